The molecule has 0 aliphatic carbocycles. The Hall–Kier alpha value is -2.63. The van der Waals surface area contributed by atoms with E-state index in [4.69, 9.17) is 10.8 Å². The summed E-state index contributed by atoms with van der Waals surface area (Å²) in [5, 5.41) is 25.5. The van der Waals surface area contributed by atoms with Gasteiger partial charge in [-0.1, -0.05) is 30.3 Å². The van der Waals surface area contributed by atoms with E-state index in [2.05, 4.69) is 16.0 Å². The van der Waals surface area contributed by atoms with E-state index in [1.54, 1.807) is 0 Å². The lowest BCUT2D eigenvalue weighted by molar-refractivity contribution is -0.144. The lowest BCUT2D eigenvalue weighted by atomic mass is 10.1. The first kappa shape index (κ1) is 26.4. The van der Waals surface area contributed by atoms with Crippen LogP contribution in [0.5, 0.6) is 0 Å². The second kappa shape index (κ2) is 13.6. The van der Waals surface area contributed by atoms with Crippen molar-refractivity contribution in [3.05, 3.63) is 35.9 Å². The van der Waals surface area contributed by atoms with E-state index in [9.17, 15) is 24.3 Å². The van der Waals surface area contributed by atoms with Gasteiger partial charge in [-0.15, -0.1) is 0 Å². The van der Waals surface area contributed by atoms with Crippen molar-refractivity contribution in [2.45, 2.75) is 44.0 Å². The molecule has 11 heteroatoms. The monoisotopic (exact) mass is 454 g/mol. The van der Waals surface area contributed by atoms with Crippen LogP contribution in [0, 0.1) is 0 Å². The molecule has 0 aliphatic rings. The Bertz CT molecular complexity index is 746. The van der Waals surface area contributed by atoms with Crippen molar-refractivity contribution >= 4 is 35.5 Å². The summed E-state index contributed by atoms with van der Waals surface area (Å²) in [5.41, 5.74) is 6.85. The van der Waals surface area contributed by atoms with E-state index in [0.717, 1.165) is 5.56 Å². The van der Waals surface area contributed by atoms with E-state index in [0.29, 0.717) is 18.6 Å². The second-order valence-electron chi connectivity index (χ2n) is 6.98. The first-order chi connectivity index (χ1) is 14.6. The van der Waals surface area contributed by atoms with Crippen LogP contribution in [0.1, 0.15) is 18.9 Å². The third-order valence-corrected chi connectivity index (χ3v) is 5.01. The average molecular weight is 455 g/mol. The molecular weight excluding hydrogens is 424 g/mol. The van der Waals surface area contributed by atoms with Crippen molar-refractivity contribution in [1.29, 1.82) is 0 Å². The third kappa shape index (κ3) is 9.81. The van der Waals surface area contributed by atoms with Gasteiger partial charge in [-0.2, -0.15) is 11.8 Å². The van der Waals surface area contributed by atoms with Gasteiger partial charge >= 0.3 is 5.97 Å². The van der Waals surface area contributed by atoms with Crippen LogP contribution in [0.3, 0.4) is 0 Å². The van der Waals surface area contributed by atoms with Gasteiger partial charge in [0.15, 0.2) is 6.04 Å². The number of nitrogens with one attached hydrogen (secondary N) is 3. The molecule has 0 saturated carbocycles. The van der Waals surface area contributed by atoms with E-state index < -0.39 is 54.5 Å². The molecule has 4 unspecified atom stereocenters. The molecule has 7 N–H and O–H groups in total. The number of carboxylic acid groups (broad SMARTS) is 1. The first-order valence-corrected chi connectivity index (χ1v) is 11.1. The van der Waals surface area contributed by atoms with Gasteiger partial charge in [0.05, 0.1) is 18.7 Å². The lowest BCUT2D eigenvalue weighted by Crippen LogP contribution is -2.54. The zero-order valence-electron chi connectivity index (χ0n) is 17.5. The molecule has 1 aromatic rings. The van der Waals surface area contributed by atoms with Crippen molar-refractivity contribution < 1.29 is 29.4 Å². The number of aliphatic carboxylic acids is 1. The van der Waals surface area contributed by atoms with E-state index in [1.165, 1.54) is 18.7 Å². The molecule has 0 fully saturated rings. The minimum Gasteiger partial charge on any atom is -0.480 e. The number of thioether (sulfide) groups is 1. The minimum atomic E-state index is -1.49. The Morgan fingerprint density at radius 3 is 2.29 bits per heavy atom. The number of benzene rings is 1. The standard InChI is InChI=1S/C20H30N4O6S/c1-12(25)17(20(29)30)24-16(26)11-22-19(28)15(8-9-31-2)23-18(27)14(21)10-13-6-4-3-5-7-13/h3-7,12,14-15,17,25H,8-11,21H2,1-2H3,(H,22,28)(H,23,27)(H,24,26)(H,29,30). The Morgan fingerprint density at radius 2 is 1.74 bits per heavy atom. The fraction of sp³-hybridized carbons (Fsp3) is 0.500. The summed E-state index contributed by atoms with van der Waals surface area (Å²) in [6.45, 7) is 0.724. The molecule has 0 radical (unpaired) electrons. The van der Waals surface area contributed by atoms with Crippen molar-refractivity contribution in [2.24, 2.45) is 5.73 Å². The molecule has 4 atom stereocenters. The molecular formula is C20H30N4O6S. The molecule has 172 valence electrons. The fourth-order valence-corrected chi connectivity index (χ4v) is 3.12. The largest absolute Gasteiger partial charge is 0.480 e. The Balaban J connectivity index is 2.64. The predicted octanol–water partition coefficient (Wildman–Crippen LogP) is -1.14. The minimum absolute atomic E-state index is 0.307. The summed E-state index contributed by atoms with van der Waals surface area (Å²) in [6, 6.07) is 5.99. The van der Waals surface area contributed by atoms with Crippen molar-refractivity contribution in [1.82, 2.24) is 16.0 Å². The van der Waals surface area contributed by atoms with Crippen LogP contribution >= 0.6 is 11.8 Å². The number of rotatable bonds is 13. The van der Waals surface area contributed by atoms with Crippen molar-refractivity contribution in [2.75, 3.05) is 18.6 Å². The van der Waals surface area contributed by atoms with Crippen LogP contribution in [0.25, 0.3) is 0 Å². The maximum atomic E-state index is 12.5. The van der Waals surface area contributed by atoms with E-state index >= 15 is 0 Å². The van der Waals surface area contributed by atoms with Gasteiger partial charge in [0.25, 0.3) is 0 Å². The van der Waals surface area contributed by atoms with Gasteiger partial charge in [-0.25, -0.2) is 4.79 Å². The highest BCUT2D eigenvalue weighted by atomic mass is 32.2. The van der Waals surface area contributed by atoms with Crippen LogP contribution in [0.2, 0.25) is 0 Å². The predicted molar refractivity (Wildman–Crippen MR) is 117 cm³/mol. The molecule has 0 aromatic heterocycles. The molecule has 1 rings (SSSR count). The number of carboxylic acids is 1. The molecule has 10 nitrogen and oxygen atoms in total. The summed E-state index contributed by atoms with van der Waals surface area (Å²) >= 11 is 1.49. The fourth-order valence-electron chi connectivity index (χ4n) is 2.65. The number of aliphatic hydroxyl groups excluding tert-OH is 1. The van der Waals surface area contributed by atoms with Gasteiger partial charge in [-0.3, -0.25) is 14.4 Å². The maximum Gasteiger partial charge on any atom is 0.328 e. The summed E-state index contributed by atoms with van der Waals surface area (Å²) < 4.78 is 0. The third-order valence-electron chi connectivity index (χ3n) is 4.37. The van der Waals surface area contributed by atoms with Crippen molar-refractivity contribution in [3.63, 3.8) is 0 Å². The van der Waals surface area contributed by atoms with Crippen LogP contribution in [0.4, 0.5) is 0 Å². The summed E-state index contributed by atoms with van der Waals surface area (Å²) in [4.78, 5) is 47.9. The van der Waals surface area contributed by atoms with Gasteiger partial charge < -0.3 is 31.9 Å². The van der Waals surface area contributed by atoms with Crippen LogP contribution in [-0.2, 0) is 25.6 Å². The molecule has 0 bridgehead atoms. The molecule has 0 saturated heterocycles. The van der Waals surface area contributed by atoms with Crippen molar-refractivity contribution in [3.8, 4) is 0 Å². The van der Waals surface area contributed by atoms with Crippen LogP contribution in [0.15, 0.2) is 30.3 Å². The number of hydrogen-bond acceptors (Lipinski definition) is 7. The van der Waals surface area contributed by atoms with Crippen LogP contribution < -0.4 is 21.7 Å². The molecule has 3 amide bonds. The van der Waals surface area contributed by atoms with E-state index in [-0.39, 0.29) is 0 Å². The van der Waals surface area contributed by atoms with E-state index in [1.807, 2.05) is 36.6 Å². The molecule has 0 aliphatic heterocycles. The Labute approximate surface area is 185 Å². The topological polar surface area (TPSA) is 171 Å². The normalized spacial score (nSPS) is 14.6. The number of carbonyl (C=O) groups is 4. The highest BCUT2D eigenvalue weighted by molar-refractivity contribution is 7.98. The number of nitrogens with two attached hydrogens (primary N) is 1. The smallest absolute Gasteiger partial charge is 0.328 e. The molecule has 31 heavy (non-hydrogen) atoms. The second-order valence-corrected chi connectivity index (χ2v) is 7.97. The number of amides is 3. The average Bonchev–Trinajstić information content (AvgIpc) is 2.73. The number of carbonyl (C=O) groups excluding carboxylic acids is 3. The Morgan fingerprint density at radius 1 is 1.10 bits per heavy atom. The molecule has 1 aromatic carbocycles. The summed E-state index contributed by atoms with van der Waals surface area (Å²) in [5.74, 6) is -2.67. The molecule has 0 spiro atoms. The van der Waals surface area contributed by atoms with Gasteiger partial charge in [0.1, 0.15) is 6.04 Å². The quantitative estimate of drug-likeness (QED) is 0.217. The Kier molecular flexibility index (Phi) is 11.6. The lowest BCUT2D eigenvalue weighted by Gasteiger charge is -2.21. The summed E-state index contributed by atoms with van der Waals surface area (Å²) in [7, 11) is 0. The highest BCUT2D eigenvalue weighted by Gasteiger charge is 2.27. The molecule has 0 heterocycles. The van der Waals surface area contributed by atoms with Crippen LogP contribution in [-0.4, -0.2) is 76.7 Å². The van der Waals surface area contributed by atoms with Gasteiger partial charge in [-0.05, 0) is 37.3 Å². The van der Waals surface area contributed by atoms with Gasteiger partial charge in [0.2, 0.25) is 17.7 Å². The SMILES string of the molecule is CSCCC(NC(=O)C(N)Cc1ccccc1)C(=O)NCC(=O)NC(C(=O)O)C(C)O. The zero-order valence-corrected chi connectivity index (χ0v) is 18.4. The van der Waals surface area contributed by atoms with Gasteiger partial charge in [0, 0.05) is 0 Å². The highest BCUT2D eigenvalue weighted by Crippen LogP contribution is 2.05. The summed E-state index contributed by atoms with van der Waals surface area (Å²) in [6.07, 6.45) is 1.18. The maximum absolute atomic E-state index is 12.5. The first-order valence-electron chi connectivity index (χ1n) is 9.72. The number of aliphatic hydroxyl groups is 1. The number of hydrogen-bond donors (Lipinski definition) is 6. The zero-order chi connectivity index (χ0) is 23.4.